The molecular formula is C15H18ClN. The van der Waals surface area contributed by atoms with Crippen LogP contribution in [0.4, 0.5) is 0 Å². The standard InChI is InChI=1S/C15H18ClN/c1-9(2)7-12-8-14(16)13-6-5-10(3)11(4)15(13)17-12/h5-6,8-9H,7H2,1-4H3. The van der Waals surface area contributed by atoms with Crippen LogP contribution in [0.1, 0.15) is 30.7 Å². The van der Waals surface area contributed by atoms with E-state index in [1.807, 2.05) is 6.07 Å². The minimum atomic E-state index is 0.598. The lowest BCUT2D eigenvalue weighted by atomic mass is 10.0. The van der Waals surface area contributed by atoms with Crippen molar-refractivity contribution in [2.45, 2.75) is 34.1 Å². The largest absolute Gasteiger partial charge is 0.252 e. The van der Waals surface area contributed by atoms with Crippen LogP contribution in [0.2, 0.25) is 5.02 Å². The van der Waals surface area contributed by atoms with Gasteiger partial charge in [0, 0.05) is 11.1 Å². The average Bonchev–Trinajstić information content (AvgIpc) is 2.23. The van der Waals surface area contributed by atoms with Gasteiger partial charge in [0.2, 0.25) is 0 Å². The van der Waals surface area contributed by atoms with E-state index in [1.165, 1.54) is 11.1 Å². The van der Waals surface area contributed by atoms with Crippen LogP contribution in [0.3, 0.4) is 0 Å². The van der Waals surface area contributed by atoms with Crippen LogP contribution in [0.5, 0.6) is 0 Å². The number of pyridine rings is 1. The maximum atomic E-state index is 6.33. The molecule has 0 aliphatic heterocycles. The van der Waals surface area contributed by atoms with Gasteiger partial charge in [-0.25, -0.2) is 0 Å². The van der Waals surface area contributed by atoms with Crippen LogP contribution in [0.25, 0.3) is 10.9 Å². The van der Waals surface area contributed by atoms with Crippen LogP contribution in [-0.2, 0) is 6.42 Å². The maximum absolute atomic E-state index is 6.33. The minimum Gasteiger partial charge on any atom is -0.252 e. The van der Waals surface area contributed by atoms with Gasteiger partial charge in [0.05, 0.1) is 10.5 Å². The van der Waals surface area contributed by atoms with Crippen molar-refractivity contribution in [3.8, 4) is 0 Å². The van der Waals surface area contributed by atoms with Crippen molar-refractivity contribution in [3.63, 3.8) is 0 Å². The fourth-order valence-corrected chi connectivity index (χ4v) is 2.34. The van der Waals surface area contributed by atoms with Crippen molar-refractivity contribution < 1.29 is 0 Å². The van der Waals surface area contributed by atoms with Crippen LogP contribution < -0.4 is 0 Å². The first-order valence-electron chi connectivity index (χ1n) is 6.04. The SMILES string of the molecule is Cc1ccc2c(Cl)cc(CC(C)C)nc2c1C. The minimum absolute atomic E-state index is 0.598. The normalized spacial score (nSPS) is 11.4. The molecule has 17 heavy (non-hydrogen) atoms. The van der Waals surface area contributed by atoms with E-state index in [4.69, 9.17) is 16.6 Å². The lowest BCUT2D eigenvalue weighted by Crippen LogP contribution is -1.99. The summed E-state index contributed by atoms with van der Waals surface area (Å²) < 4.78 is 0. The Hall–Kier alpha value is -1.08. The Balaban J connectivity index is 2.66. The lowest BCUT2D eigenvalue weighted by Gasteiger charge is -2.10. The third-order valence-electron chi connectivity index (χ3n) is 3.13. The molecular weight excluding hydrogens is 230 g/mol. The monoisotopic (exact) mass is 247 g/mol. The molecule has 0 N–H and O–H groups in total. The van der Waals surface area contributed by atoms with Crippen molar-refractivity contribution in [2.24, 2.45) is 5.92 Å². The summed E-state index contributed by atoms with van der Waals surface area (Å²) in [6.07, 6.45) is 0.975. The zero-order valence-electron chi connectivity index (χ0n) is 10.8. The number of halogens is 1. The van der Waals surface area contributed by atoms with Crippen LogP contribution in [0, 0.1) is 19.8 Å². The highest BCUT2D eigenvalue weighted by molar-refractivity contribution is 6.35. The molecule has 0 atom stereocenters. The number of benzene rings is 1. The summed E-state index contributed by atoms with van der Waals surface area (Å²) in [6.45, 7) is 8.62. The van der Waals surface area contributed by atoms with E-state index < -0.39 is 0 Å². The van der Waals surface area contributed by atoms with Gasteiger partial charge in [-0.15, -0.1) is 0 Å². The molecule has 0 unspecified atom stereocenters. The summed E-state index contributed by atoms with van der Waals surface area (Å²) in [5.74, 6) is 0.598. The Morgan fingerprint density at radius 3 is 2.59 bits per heavy atom. The number of hydrogen-bond acceptors (Lipinski definition) is 1. The first-order valence-corrected chi connectivity index (χ1v) is 6.42. The molecule has 0 spiro atoms. The molecule has 1 aromatic heterocycles. The number of hydrogen-bond donors (Lipinski definition) is 0. The summed E-state index contributed by atoms with van der Waals surface area (Å²) in [4.78, 5) is 4.75. The van der Waals surface area contributed by atoms with Gasteiger partial charge >= 0.3 is 0 Å². The third-order valence-corrected chi connectivity index (χ3v) is 3.44. The van der Waals surface area contributed by atoms with Crippen LogP contribution in [-0.4, -0.2) is 4.98 Å². The molecule has 1 nitrogen and oxygen atoms in total. The zero-order valence-corrected chi connectivity index (χ0v) is 11.6. The molecule has 0 bridgehead atoms. The smallest absolute Gasteiger partial charge is 0.0752 e. The van der Waals surface area contributed by atoms with Gasteiger partial charge in [0.25, 0.3) is 0 Å². The van der Waals surface area contributed by atoms with Crippen molar-refractivity contribution in [1.29, 1.82) is 0 Å². The van der Waals surface area contributed by atoms with E-state index in [1.54, 1.807) is 0 Å². The van der Waals surface area contributed by atoms with Crippen molar-refractivity contribution in [1.82, 2.24) is 4.98 Å². The molecule has 1 aromatic carbocycles. The first kappa shape index (κ1) is 12.4. The summed E-state index contributed by atoms with van der Waals surface area (Å²) in [6, 6.07) is 6.16. The van der Waals surface area contributed by atoms with E-state index >= 15 is 0 Å². The Kier molecular flexibility index (Phi) is 3.39. The van der Waals surface area contributed by atoms with Gasteiger partial charge in [-0.3, -0.25) is 4.98 Å². The number of fused-ring (bicyclic) bond motifs is 1. The van der Waals surface area contributed by atoms with E-state index in [-0.39, 0.29) is 0 Å². The lowest BCUT2D eigenvalue weighted by molar-refractivity contribution is 0.637. The summed E-state index contributed by atoms with van der Waals surface area (Å²) in [5.41, 5.74) is 4.64. The van der Waals surface area contributed by atoms with Crippen molar-refractivity contribution in [2.75, 3.05) is 0 Å². The molecule has 0 radical (unpaired) electrons. The number of aryl methyl sites for hydroxylation is 2. The van der Waals surface area contributed by atoms with Crippen LogP contribution in [0.15, 0.2) is 18.2 Å². The van der Waals surface area contributed by atoms with Gasteiger partial charge < -0.3 is 0 Å². The molecule has 0 amide bonds. The first-order chi connectivity index (χ1) is 7.99. The highest BCUT2D eigenvalue weighted by Crippen LogP contribution is 2.27. The van der Waals surface area contributed by atoms with Gasteiger partial charge in [-0.2, -0.15) is 0 Å². The molecule has 1 heterocycles. The van der Waals surface area contributed by atoms with E-state index in [2.05, 4.69) is 39.8 Å². The quantitative estimate of drug-likeness (QED) is 0.749. The second-order valence-corrected chi connectivity index (χ2v) is 5.50. The highest BCUT2D eigenvalue weighted by Gasteiger charge is 2.08. The van der Waals surface area contributed by atoms with Crippen molar-refractivity contribution >= 4 is 22.5 Å². The predicted octanol–water partition coefficient (Wildman–Crippen LogP) is 4.70. The molecule has 2 rings (SSSR count). The number of nitrogens with zero attached hydrogens (tertiary/aromatic N) is 1. The topological polar surface area (TPSA) is 12.9 Å². The Labute approximate surface area is 108 Å². The van der Waals surface area contributed by atoms with Gasteiger partial charge in [0.15, 0.2) is 0 Å². The van der Waals surface area contributed by atoms with E-state index in [0.29, 0.717) is 5.92 Å². The number of rotatable bonds is 2. The molecule has 2 heteroatoms. The van der Waals surface area contributed by atoms with Crippen molar-refractivity contribution in [3.05, 3.63) is 40.0 Å². The summed E-state index contributed by atoms with van der Waals surface area (Å²) >= 11 is 6.33. The fraction of sp³-hybridized carbons (Fsp3) is 0.400. The molecule has 0 saturated carbocycles. The average molecular weight is 248 g/mol. The molecule has 2 aromatic rings. The van der Waals surface area contributed by atoms with Gasteiger partial charge in [-0.1, -0.05) is 37.6 Å². The van der Waals surface area contributed by atoms with Gasteiger partial charge in [0.1, 0.15) is 0 Å². The molecule has 90 valence electrons. The second kappa shape index (κ2) is 4.66. The number of aromatic nitrogens is 1. The Bertz CT molecular complexity index is 558. The zero-order chi connectivity index (χ0) is 12.6. The summed E-state index contributed by atoms with van der Waals surface area (Å²) in [7, 11) is 0. The summed E-state index contributed by atoms with van der Waals surface area (Å²) in [5, 5.41) is 1.87. The molecule has 0 saturated heterocycles. The second-order valence-electron chi connectivity index (χ2n) is 5.10. The molecule has 0 aliphatic rings. The predicted molar refractivity (Wildman–Crippen MR) is 74.8 cm³/mol. The molecule has 0 aliphatic carbocycles. The fourth-order valence-electron chi connectivity index (χ4n) is 2.06. The molecule has 0 fully saturated rings. The Morgan fingerprint density at radius 1 is 1.24 bits per heavy atom. The van der Waals surface area contributed by atoms with Gasteiger partial charge in [-0.05, 0) is 43.4 Å². The van der Waals surface area contributed by atoms with E-state index in [0.717, 1.165) is 28.0 Å². The highest BCUT2D eigenvalue weighted by atomic mass is 35.5. The maximum Gasteiger partial charge on any atom is 0.0752 e. The Morgan fingerprint density at radius 2 is 1.94 bits per heavy atom. The van der Waals surface area contributed by atoms with Crippen LogP contribution >= 0.6 is 11.6 Å². The third kappa shape index (κ3) is 2.44. The van der Waals surface area contributed by atoms with E-state index in [9.17, 15) is 0 Å².